The Morgan fingerprint density at radius 2 is 1.90 bits per heavy atom. The molecule has 0 aliphatic rings. The second-order valence-corrected chi connectivity index (χ2v) is 5.30. The maximum absolute atomic E-state index is 13.7. The van der Waals surface area contributed by atoms with Gasteiger partial charge in [0.05, 0.1) is 17.5 Å². The van der Waals surface area contributed by atoms with Crippen LogP contribution in [0, 0.1) is 11.7 Å². The van der Waals surface area contributed by atoms with Crippen molar-refractivity contribution < 1.29 is 13.9 Å². The number of anilines is 2. The summed E-state index contributed by atoms with van der Waals surface area (Å²) < 4.78 is 19.1. The van der Waals surface area contributed by atoms with Gasteiger partial charge in [-0.15, -0.1) is 0 Å². The lowest BCUT2D eigenvalue weighted by Crippen LogP contribution is -2.39. The molecule has 112 valence electrons. The topological polar surface area (TPSA) is 90.4 Å². The van der Waals surface area contributed by atoms with Crippen molar-refractivity contribution in [2.45, 2.75) is 39.8 Å². The first kappa shape index (κ1) is 16.1. The lowest BCUT2D eigenvalue weighted by Gasteiger charge is -2.22. The number of primary amides is 1. The molecule has 1 aromatic carbocycles. The predicted molar refractivity (Wildman–Crippen MR) is 78.0 cm³/mol. The van der Waals surface area contributed by atoms with Crippen molar-refractivity contribution in [1.82, 2.24) is 0 Å². The van der Waals surface area contributed by atoms with Crippen molar-refractivity contribution in [3.8, 4) is 5.75 Å². The molecule has 0 spiro atoms. The molecule has 0 radical (unpaired) electrons. The number of nitrogen functional groups attached to an aromatic ring is 1. The summed E-state index contributed by atoms with van der Waals surface area (Å²) in [5.41, 5.74) is 11.7. The zero-order valence-electron chi connectivity index (χ0n) is 12.2. The van der Waals surface area contributed by atoms with Gasteiger partial charge in [0.15, 0.2) is 11.6 Å². The number of carbonyl (C=O) groups is 1. The SMILES string of the molecule is CC(C)Oc1cc(NC(C(N)=O)C(C)C)c(N)cc1F. The average molecular weight is 283 g/mol. The van der Waals surface area contributed by atoms with Gasteiger partial charge in [-0.1, -0.05) is 13.8 Å². The second-order valence-electron chi connectivity index (χ2n) is 5.30. The Labute approximate surface area is 118 Å². The Hall–Kier alpha value is -1.98. The van der Waals surface area contributed by atoms with Crippen molar-refractivity contribution in [2.24, 2.45) is 11.7 Å². The van der Waals surface area contributed by atoms with Crippen molar-refractivity contribution in [2.75, 3.05) is 11.1 Å². The molecule has 5 nitrogen and oxygen atoms in total. The average Bonchev–Trinajstić information content (AvgIpc) is 2.29. The molecule has 1 rings (SSSR count). The number of amides is 1. The highest BCUT2D eigenvalue weighted by molar-refractivity contribution is 5.85. The molecule has 1 amide bonds. The number of hydrogen-bond acceptors (Lipinski definition) is 4. The quantitative estimate of drug-likeness (QED) is 0.697. The number of halogens is 1. The zero-order chi connectivity index (χ0) is 15.4. The van der Waals surface area contributed by atoms with Crippen LogP contribution in [0.5, 0.6) is 5.75 Å². The monoisotopic (exact) mass is 283 g/mol. The van der Waals surface area contributed by atoms with Gasteiger partial charge in [-0.2, -0.15) is 0 Å². The van der Waals surface area contributed by atoms with E-state index >= 15 is 0 Å². The molecular formula is C14H22FN3O2. The normalized spacial score (nSPS) is 12.6. The first-order valence-electron chi connectivity index (χ1n) is 6.54. The molecule has 1 aromatic rings. The summed E-state index contributed by atoms with van der Waals surface area (Å²) in [7, 11) is 0. The summed E-state index contributed by atoms with van der Waals surface area (Å²) in [6.07, 6.45) is -0.169. The molecule has 0 saturated heterocycles. The highest BCUT2D eigenvalue weighted by atomic mass is 19.1. The number of rotatable bonds is 6. The molecule has 6 heteroatoms. The molecule has 0 fully saturated rings. The van der Waals surface area contributed by atoms with Crippen LogP contribution in [0.2, 0.25) is 0 Å². The maximum atomic E-state index is 13.7. The summed E-state index contributed by atoms with van der Waals surface area (Å²) >= 11 is 0. The fourth-order valence-corrected chi connectivity index (χ4v) is 1.77. The van der Waals surface area contributed by atoms with E-state index < -0.39 is 17.8 Å². The summed E-state index contributed by atoms with van der Waals surface area (Å²) in [5, 5.41) is 2.94. The predicted octanol–water partition coefficient (Wildman–Crippen LogP) is 2.12. The van der Waals surface area contributed by atoms with Crippen molar-refractivity contribution >= 4 is 17.3 Å². The Morgan fingerprint density at radius 1 is 1.30 bits per heavy atom. The Bertz CT molecular complexity index is 490. The summed E-state index contributed by atoms with van der Waals surface area (Å²) in [4.78, 5) is 11.4. The third kappa shape index (κ3) is 4.01. The molecule has 0 heterocycles. The molecule has 0 aliphatic heterocycles. The van der Waals surface area contributed by atoms with Crippen LogP contribution in [0.4, 0.5) is 15.8 Å². The molecule has 0 aromatic heterocycles. The number of benzene rings is 1. The molecular weight excluding hydrogens is 261 g/mol. The van der Waals surface area contributed by atoms with Crippen LogP contribution in [0.3, 0.4) is 0 Å². The van der Waals surface area contributed by atoms with E-state index in [1.807, 2.05) is 13.8 Å². The van der Waals surface area contributed by atoms with E-state index in [0.29, 0.717) is 5.69 Å². The molecule has 0 bridgehead atoms. The summed E-state index contributed by atoms with van der Waals surface area (Å²) in [6, 6.07) is 2.02. The lowest BCUT2D eigenvalue weighted by molar-refractivity contribution is -0.119. The van der Waals surface area contributed by atoms with Crippen LogP contribution in [0.25, 0.3) is 0 Å². The van der Waals surface area contributed by atoms with E-state index in [0.717, 1.165) is 0 Å². The van der Waals surface area contributed by atoms with Gasteiger partial charge in [0.1, 0.15) is 6.04 Å². The van der Waals surface area contributed by atoms with Crippen molar-refractivity contribution in [1.29, 1.82) is 0 Å². The summed E-state index contributed by atoms with van der Waals surface area (Å²) in [6.45, 7) is 7.30. The van der Waals surface area contributed by atoms with Gasteiger partial charge in [0, 0.05) is 12.1 Å². The Kier molecular flexibility index (Phi) is 5.19. The highest BCUT2D eigenvalue weighted by Gasteiger charge is 2.21. The van der Waals surface area contributed by atoms with Crippen LogP contribution < -0.4 is 21.5 Å². The van der Waals surface area contributed by atoms with Crippen LogP contribution in [0.1, 0.15) is 27.7 Å². The van der Waals surface area contributed by atoms with E-state index in [1.165, 1.54) is 12.1 Å². The minimum atomic E-state index is -0.588. The first-order chi connectivity index (χ1) is 9.22. The number of nitrogens with two attached hydrogens (primary N) is 2. The second kappa shape index (κ2) is 6.45. The fourth-order valence-electron chi connectivity index (χ4n) is 1.77. The smallest absolute Gasteiger partial charge is 0.240 e. The number of carbonyl (C=O) groups excluding carboxylic acids is 1. The third-order valence-corrected chi connectivity index (χ3v) is 2.75. The Balaban J connectivity index is 3.08. The fraction of sp³-hybridized carbons (Fsp3) is 0.500. The first-order valence-corrected chi connectivity index (χ1v) is 6.54. The van der Waals surface area contributed by atoms with Crippen LogP contribution >= 0.6 is 0 Å². The number of hydrogen-bond donors (Lipinski definition) is 3. The lowest BCUT2D eigenvalue weighted by atomic mass is 10.0. The van der Waals surface area contributed by atoms with E-state index in [9.17, 15) is 9.18 Å². The molecule has 1 unspecified atom stereocenters. The van der Waals surface area contributed by atoms with Gasteiger partial charge < -0.3 is 21.5 Å². The van der Waals surface area contributed by atoms with E-state index in [4.69, 9.17) is 16.2 Å². The third-order valence-electron chi connectivity index (χ3n) is 2.75. The molecule has 0 aliphatic carbocycles. The van der Waals surface area contributed by atoms with Gasteiger partial charge in [-0.3, -0.25) is 4.79 Å². The standard InChI is InChI=1S/C14H22FN3O2/c1-7(2)13(14(17)19)18-11-6-12(20-8(3)4)9(15)5-10(11)16/h5-8,13,18H,16H2,1-4H3,(H2,17,19). The molecule has 1 atom stereocenters. The van der Waals surface area contributed by atoms with Gasteiger partial charge in [-0.05, 0) is 19.8 Å². The largest absolute Gasteiger partial charge is 0.488 e. The van der Waals surface area contributed by atoms with E-state index in [2.05, 4.69) is 5.32 Å². The minimum absolute atomic E-state index is 0.0218. The Morgan fingerprint density at radius 3 is 2.35 bits per heavy atom. The van der Waals surface area contributed by atoms with Gasteiger partial charge in [-0.25, -0.2) is 4.39 Å². The minimum Gasteiger partial charge on any atom is -0.488 e. The molecule has 5 N–H and O–H groups in total. The van der Waals surface area contributed by atoms with Gasteiger partial charge in [0.25, 0.3) is 0 Å². The van der Waals surface area contributed by atoms with E-state index in [-0.39, 0.29) is 23.5 Å². The highest BCUT2D eigenvalue weighted by Crippen LogP contribution is 2.30. The van der Waals surface area contributed by atoms with Crippen LogP contribution in [-0.2, 0) is 4.79 Å². The zero-order valence-corrected chi connectivity index (χ0v) is 12.2. The van der Waals surface area contributed by atoms with Gasteiger partial charge >= 0.3 is 0 Å². The molecule has 0 saturated carbocycles. The van der Waals surface area contributed by atoms with Gasteiger partial charge in [0.2, 0.25) is 5.91 Å². The molecule has 20 heavy (non-hydrogen) atoms. The summed E-state index contributed by atoms with van der Waals surface area (Å²) in [5.74, 6) is -0.966. The van der Waals surface area contributed by atoms with E-state index in [1.54, 1.807) is 13.8 Å². The van der Waals surface area contributed by atoms with Crippen molar-refractivity contribution in [3.05, 3.63) is 17.9 Å². The van der Waals surface area contributed by atoms with Crippen LogP contribution in [0.15, 0.2) is 12.1 Å². The number of ether oxygens (including phenoxy) is 1. The van der Waals surface area contributed by atoms with Crippen molar-refractivity contribution in [3.63, 3.8) is 0 Å². The van der Waals surface area contributed by atoms with Crippen LogP contribution in [-0.4, -0.2) is 18.1 Å². The maximum Gasteiger partial charge on any atom is 0.240 e. The number of nitrogens with one attached hydrogen (secondary N) is 1.